The quantitative estimate of drug-likeness (QED) is 0.801. The van der Waals surface area contributed by atoms with E-state index in [0.717, 1.165) is 5.56 Å². The first kappa shape index (κ1) is 13.9. The molecule has 5 nitrogen and oxygen atoms in total. The van der Waals surface area contributed by atoms with Crippen LogP contribution in [0, 0.1) is 0 Å². The number of carboxylic acids is 1. The minimum atomic E-state index is -1.02. The molecular formula is C14H9Cl2N3O2. The van der Waals surface area contributed by atoms with Gasteiger partial charge in [0.2, 0.25) is 0 Å². The van der Waals surface area contributed by atoms with Gasteiger partial charge in [0.1, 0.15) is 0 Å². The first-order valence-corrected chi connectivity index (χ1v) is 6.79. The van der Waals surface area contributed by atoms with Crippen LogP contribution in [0.4, 0.5) is 0 Å². The number of hydrogen-bond donors (Lipinski definition) is 1. The van der Waals surface area contributed by atoms with Gasteiger partial charge in [0, 0.05) is 11.6 Å². The van der Waals surface area contributed by atoms with Gasteiger partial charge in [-0.25, -0.2) is 14.5 Å². The van der Waals surface area contributed by atoms with E-state index in [0.29, 0.717) is 27.6 Å². The van der Waals surface area contributed by atoms with Crippen molar-refractivity contribution < 1.29 is 9.90 Å². The highest BCUT2D eigenvalue weighted by Gasteiger charge is 2.11. The molecule has 0 fully saturated rings. The van der Waals surface area contributed by atoms with E-state index in [1.807, 2.05) is 12.1 Å². The lowest BCUT2D eigenvalue weighted by Crippen LogP contribution is -2.04. The first-order chi connectivity index (χ1) is 10.1. The molecule has 21 heavy (non-hydrogen) atoms. The maximum Gasteiger partial charge on any atom is 0.337 e. The van der Waals surface area contributed by atoms with E-state index in [1.54, 1.807) is 16.9 Å². The summed E-state index contributed by atoms with van der Waals surface area (Å²) >= 11 is 12.1. The van der Waals surface area contributed by atoms with E-state index in [9.17, 15) is 4.79 Å². The monoisotopic (exact) mass is 321 g/mol. The third kappa shape index (κ3) is 2.57. The Morgan fingerprint density at radius 3 is 2.86 bits per heavy atom. The summed E-state index contributed by atoms with van der Waals surface area (Å²) in [6, 6.07) is 6.91. The smallest absolute Gasteiger partial charge is 0.337 e. The molecule has 0 spiro atoms. The number of carbonyl (C=O) groups is 1. The Balaban J connectivity index is 2.02. The number of pyridine rings is 1. The Hall–Kier alpha value is -2.11. The Labute approximate surface area is 129 Å². The van der Waals surface area contributed by atoms with Crippen LogP contribution in [-0.4, -0.2) is 25.8 Å². The lowest BCUT2D eigenvalue weighted by atomic mass is 10.2. The van der Waals surface area contributed by atoms with Gasteiger partial charge in [0.05, 0.1) is 28.4 Å². The standard InChI is InChI=1S/C14H9Cl2N3O2/c15-11-3-1-2-8(12(11)16)7-19-13-9(6-18-19)4-10(5-17-13)14(20)21/h1-6H,7H2,(H,20,21). The second kappa shape index (κ2) is 5.35. The average molecular weight is 322 g/mol. The number of hydrogen-bond acceptors (Lipinski definition) is 3. The predicted octanol–water partition coefficient (Wildman–Crippen LogP) is 3.48. The van der Waals surface area contributed by atoms with E-state index in [-0.39, 0.29) is 5.56 Å². The average Bonchev–Trinajstić information content (AvgIpc) is 2.86. The molecule has 0 atom stereocenters. The van der Waals surface area contributed by atoms with Crippen molar-refractivity contribution in [1.29, 1.82) is 0 Å². The number of rotatable bonds is 3. The number of fused-ring (bicyclic) bond motifs is 1. The first-order valence-electron chi connectivity index (χ1n) is 6.04. The van der Waals surface area contributed by atoms with Gasteiger partial charge in [-0.15, -0.1) is 0 Å². The topological polar surface area (TPSA) is 68.0 Å². The molecule has 2 aromatic heterocycles. The normalized spacial score (nSPS) is 11.0. The van der Waals surface area contributed by atoms with Crippen LogP contribution in [-0.2, 0) is 6.54 Å². The van der Waals surface area contributed by atoms with Crippen LogP contribution in [0.2, 0.25) is 10.0 Å². The van der Waals surface area contributed by atoms with E-state index >= 15 is 0 Å². The summed E-state index contributed by atoms with van der Waals surface area (Å²) in [5.41, 5.74) is 1.54. The zero-order valence-corrected chi connectivity index (χ0v) is 12.1. The number of nitrogens with zero attached hydrogens (tertiary/aromatic N) is 3. The molecule has 106 valence electrons. The van der Waals surface area contributed by atoms with Crippen LogP contribution in [0.1, 0.15) is 15.9 Å². The fourth-order valence-corrected chi connectivity index (χ4v) is 2.42. The van der Waals surface area contributed by atoms with Crippen molar-refractivity contribution in [1.82, 2.24) is 14.8 Å². The molecule has 0 amide bonds. The van der Waals surface area contributed by atoms with Gasteiger partial charge in [0.15, 0.2) is 5.65 Å². The Morgan fingerprint density at radius 1 is 1.29 bits per heavy atom. The maximum atomic E-state index is 10.9. The molecule has 3 rings (SSSR count). The summed E-state index contributed by atoms with van der Waals surface area (Å²) < 4.78 is 1.65. The van der Waals surface area contributed by atoms with Gasteiger partial charge in [-0.1, -0.05) is 35.3 Å². The van der Waals surface area contributed by atoms with Crippen LogP contribution in [0.3, 0.4) is 0 Å². The molecule has 0 bridgehead atoms. The number of halogens is 2. The zero-order valence-electron chi connectivity index (χ0n) is 10.6. The molecule has 3 aromatic rings. The van der Waals surface area contributed by atoms with Crippen LogP contribution in [0.5, 0.6) is 0 Å². The third-order valence-corrected chi connectivity index (χ3v) is 3.93. The fraction of sp³-hybridized carbons (Fsp3) is 0.0714. The van der Waals surface area contributed by atoms with Crippen molar-refractivity contribution in [2.45, 2.75) is 6.54 Å². The molecule has 1 N–H and O–H groups in total. The third-order valence-electron chi connectivity index (χ3n) is 3.07. The van der Waals surface area contributed by atoms with Crippen molar-refractivity contribution >= 4 is 40.2 Å². The second-order valence-electron chi connectivity index (χ2n) is 4.46. The summed E-state index contributed by atoms with van der Waals surface area (Å²) in [6.45, 7) is 0.405. The summed E-state index contributed by atoms with van der Waals surface area (Å²) in [5.74, 6) is -1.02. The minimum absolute atomic E-state index is 0.128. The fourth-order valence-electron chi connectivity index (χ4n) is 2.04. The van der Waals surface area contributed by atoms with Crippen LogP contribution in [0.25, 0.3) is 11.0 Å². The zero-order chi connectivity index (χ0) is 15.0. The molecule has 0 aliphatic carbocycles. The molecule has 0 aliphatic heterocycles. The summed E-state index contributed by atoms with van der Waals surface area (Å²) in [6.07, 6.45) is 2.88. The Kier molecular flexibility index (Phi) is 3.53. The molecule has 0 unspecified atom stereocenters. The van der Waals surface area contributed by atoms with Crippen molar-refractivity contribution in [3.05, 3.63) is 57.8 Å². The number of aromatic carboxylic acids is 1. The molecule has 0 saturated carbocycles. The molecule has 7 heteroatoms. The van der Waals surface area contributed by atoms with Crippen molar-refractivity contribution in [3.8, 4) is 0 Å². The molecule has 1 aromatic carbocycles. The van der Waals surface area contributed by atoms with Crippen molar-refractivity contribution in [3.63, 3.8) is 0 Å². The van der Waals surface area contributed by atoms with Gasteiger partial charge in [-0.2, -0.15) is 5.10 Å². The molecule has 0 aliphatic rings. The number of benzene rings is 1. The Bertz CT molecular complexity index is 845. The number of aromatic nitrogens is 3. The molecule has 0 radical (unpaired) electrons. The van der Waals surface area contributed by atoms with Gasteiger partial charge in [-0.3, -0.25) is 0 Å². The van der Waals surface area contributed by atoms with Crippen LogP contribution in [0.15, 0.2) is 36.7 Å². The predicted molar refractivity (Wildman–Crippen MR) is 80.1 cm³/mol. The van der Waals surface area contributed by atoms with Gasteiger partial charge in [-0.05, 0) is 17.7 Å². The van der Waals surface area contributed by atoms with E-state index < -0.39 is 5.97 Å². The van der Waals surface area contributed by atoms with E-state index in [2.05, 4.69) is 10.1 Å². The highest BCUT2D eigenvalue weighted by atomic mass is 35.5. The van der Waals surface area contributed by atoms with Crippen LogP contribution < -0.4 is 0 Å². The Morgan fingerprint density at radius 2 is 2.10 bits per heavy atom. The van der Waals surface area contributed by atoms with E-state index in [1.165, 1.54) is 12.3 Å². The van der Waals surface area contributed by atoms with Crippen molar-refractivity contribution in [2.24, 2.45) is 0 Å². The summed E-state index contributed by atoms with van der Waals surface area (Å²) in [4.78, 5) is 15.1. The van der Waals surface area contributed by atoms with Crippen molar-refractivity contribution in [2.75, 3.05) is 0 Å². The number of carboxylic acid groups (broad SMARTS) is 1. The lowest BCUT2D eigenvalue weighted by Gasteiger charge is -2.06. The largest absolute Gasteiger partial charge is 0.478 e. The summed E-state index contributed by atoms with van der Waals surface area (Å²) in [7, 11) is 0. The van der Waals surface area contributed by atoms with Gasteiger partial charge >= 0.3 is 5.97 Å². The van der Waals surface area contributed by atoms with Gasteiger partial charge < -0.3 is 5.11 Å². The maximum absolute atomic E-state index is 10.9. The molecule has 2 heterocycles. The summed E-state index contributed by atoms with van der Waals surface area (Å²) in [5, 5.41) is 14.8. The van der Waals surface area contributed by atoms with E-state index in [4.69, 9.17) is 28.3 Å². The second-order valence-corrected chi connectivity index (χ2v) is 5.24. The van der Waals surface area contributed by atoms with Gasteiger partial charge in [0.25, 0.3) is 0 Å². The minimum Gasteiger partial charge on any atom is -0.478 e. The highest BCUT2D eigenvalue weighted by molar-refractivity contribution is 6.42. The molecular weight excluding hydrogens is 313 g/mol. The lowest BCUT2D eigenvalue weighted by molar-refractivity contribution is 0.0696. The molecule has 0 saturated heterocycles. The SMILES string of the molecule is O=C(O)c1cnc2c(cnn2Cc2cccc(Cl)c2Cl)c1. The van der Waals surface area contributed by atoms with Crippen LogP contribution >= 0.6 is 23.2 Å². The highest BCUT2D eigenvalue weighted by Crippen LogP contribution is 2.26.